The number of sulfone groups is 1. The van der Waals surface area contributed by atoms with Crippen LogP contribution in [0.4, 0.5) is 5.69 Å². The van der Waals surface area contributed by atoms with Gasteiger partial charge in [0.05, 0.1) is 17.3 Å². The van der Waals surface area contributed by atoms with E-state index in [9.17, 15) is 13.2 Å². The molecule has 28 heavy (non-hydrogen) atoms. The summed E-state index contributed by atoms with van der Waals surface area (Å²) in [6.45, 7) is 0.184. The van der Waals surface area contributed by atoms with Gasteiger partial charge in [0, 0.05) is 25.2 Å². The average molecular weight is 425 g/mol. The van der Waals surface area contributed by atoms with Gasteiger partial charge in [0.25, 0.3) is 0 Å². The summed E-state index contributed by atoms with van der Waals surface area (Å²) in [5.74, 6) is 2.55. The molecule has 2 aliphatic rings. The van der Waals surface area contributed by atoms with Crippen molar-refractivity contribution in [2.24, 2.45) is 13.0 Å². The number of anilines is 1. The molecule has 0 spiro atoms. The summed E-state index contributed by atoms with van der Waals surface area (Å²) < 4.78 is 35.6. The van der Waals surface area contributed by atoms with E-state index in [1.54, 1.807) is 18.2 Å². The number of aromatic nitrogens is 3. The van der Waals surface area contributed by atoms with E-state index in [1.165, 1.54) is 11.8 Å². The van der Waals surface area contributed by atoms with E-state index in [4.69, 9.17) is 9.47 Å². The zero-order valence-electron chi connectivity index (χ0n) is 15.3. The van der Waals surface area contributed by atoms with Gasteiger partial charge in [-0.2, -0.15) is 0 Å². The van der Waals surface area contributed by atoms with Crippen molar-refractivity contribution in [3.05, 3.63) is 24.0 Å². The minimum Gasteiger partial charge on any atom is -0.454 e. The maximum absolute atomic E-state index is 12.2. The zero-order valence-corrected chi connectivity index (χ0v) is 16.9. The van der Waals surface area contributed by atoms with Crippen LogP contribution in [-0.2, 0) is 28.1 Å². The molecule has 1 saturated heterocycles. The number of amides is 1. The number of thioether (sulfide) groups is 1. The normalized spacial score (nSPS) is 19.7. The fourth-order valence-corrected chi connectivity index (χ4v) is 5.83. The highest BCUT2D eigenvalue weighted by Crippen LogP contribution is 2.34. The Hall–Kier alpha value is -2.27. The van der Waals surface area contributed by atoms with Gasteiger partial charge in [0.15, 0.2) is 26.5 Å². The first-order chi connectivity index (χ1) is 13.4. The Morgan fingerprint density at radius 2 is 2.14 bits per heavy atom. The van der Waals surface area contributed by atoms with Crippen molar-refractivity contribution in [2.75, 3.05) is 29.4 Å². The third-order valence-electron chi connectivity index (χ3n) is 4.71. The number of carbonyl (C=O) groups excluding carboxylic acids is 1. The highest BCUT2D eigenvalue weighted by Gasteiger charge is 2.29. The van der Waals surface area contributed by atoms with Crippen molar-refractivity contribution in [3.63, 3.8) is 0 Å². The van der Waals surface area contributed by atoms with Gasteiger partial charge < -0.3 is 19.4 Å². The lowest BCUT2D eigenvalue weighted by molar-refractivity contribution is -0.113. The van der Waals surface area contributed by atoms with Gasteiger partial charge in [-0.25, -0.2) is 8.42 Å². The van der Waals surface area contributed by atoms with Crippen molar-refractivity contribution in [3.8, 4) is 11.5 Å². The number of fused-ring (bicyclic) bond motifs is 1. The van der Waals surface area contributed by atoms with Crippen molar-refractivity contribution in [1.82, 2.24) is 14.8 Å². The van der Waals surface area contributed by atoms with Gasteiger partial charge in [0.1, 0.15) is 5.82 Å². The van der Waals surface area contributed by atoms with Crippen molar-refractivity contribution in [1.29, 1.82) is 0 Å². The van der Waals surface area contributed by atoms with Crippen molar-refractivity contribution >= 4 is 33.2 Å². The second-order valence-corrected chi connectivity index (χ2v) is 10.0. The second kappa shape index (κ2) is 7.63. The smallest absolute Gasteiger partial charge is 0.234 e. The molecule has 1 aromatic carbocycles. The van der Waals surface area contributed by atoms with Crippen LogP contribution in [-0.4, -0.2) is 53.1 Å². The molecule has 1 unspecified atom stereocenters. The Balaban J connectivity index is 1.31. The van der Waals surface area contributed by atoms with Crippen LogP contribution >= 0.6 is 11.8 Å². The third kappa shape index (κ3) is 4.25. The van der Waals surface area contributed by atoms with Crippen LogP contribution in [0.15, 0.2) is 23.4 Å². The van der Waals surface area contributed by atoms with Crippen LogP contribution in [0.25, 0.3) is 0 Å². The number of nitrogens with zero attached hydrogens (tertiary/aromatic N) is 3. The number of ether oxygens (including phenoxy) is 2. The Kier molecular flexibility index (Phi) is 5.19. The number of carbonyl (C=O) groups is 1. The lowest BCUT2D eigenvalue weighted by Crippen LogP contribution is -2.14. The standard InChI is InChI=1S/C17H20N4O5S2/c1-21-15(6-11-4-5-28(23,24)9-11)19-20-17(21)27-8-16(22)18-12-2-3-13-14(7-12)26-10-25-13/h2-3,7,11H,4-6,8-10H2,1H3,(H,18,22). The minimum absolute atomic E-state index is 0.0834. The first-order valence-electron chi connectivity index (χ1n) is 8.80. The van der Waals surface area contributed by atoms with E-state index in [-0.39, 0.29) is 35.9 Å². The Morgan fingerprint density at radius 3 is 2.93 bits per heavy atom. The molecule has 1 aromatic heterocycles. The molecule has 0 aliphatic carbocycles. The minimum atomic E-state index is -2.91. The van der Waals surface area contributed by atoms with Gasteiger partial charge in [-0.1, -0.05) is 11.8 Å². The maximum Gasteiger partial charge on any atom is 0.234 e. The molecule has 1 fully saturated rings. The molecule has 0 bridgehead atoms. The molecule has 3 heterocycles. The number of hydrogen-bond acceptors (Lipinski definition) is 8. The summed E-state index contributed by atoms with van der Waals surface area (Å²) in [7, 11) is -1.08. The number of hydrogen-bond donors (Lipinski definition) is 1. The molecule has 4 rings (SSSR count). The predicted molar refractivity (Wildman–Crippen MR) is 103 cm³/mol. The predicted octanol–water partition coefficient (Wildman–Crippen LogP) is 1.25. The molecule has 11 heteroatoms. The molecular weight excluding hydrogens is 404 g/mol. The number of benzene rings is 1. The molecule has 2 aliphatic heterocycles. The van der Waals surface area contributed by atoms with Crippen LogP contribution in [0.1, 0.15) is 12.2 Å². The highest BCUT2D eigenvalue weighted by molar-refractivity contribution is 7.99. The first-order valence-corrected chi connectivity index (χ1v) is 11.6. The highest BCUT2D eigenvalue weighted by atomic mass is 32.2. The van der Waals surface area contributed by atoms with E-state index in [1.807, 2.05) is 11.6 Å². The first kappa shape index (κ1) is 19.1. The summed E-state index contributed by atoms with van der Waals surface area (Å²) in [6, 6.07) is 5.23. The van der Waals surface area contributed by atoms with Gasteiger partial charge >= 0.3 is 0 Å². The molecule has 1 N–H and O–H groups in total. The summed E-state index contributed by atoms with van der Waals surface area (Å²) in [4.78, 5) is 12.2. The van der Waals surface area contributed by atoms with E-state index in [2.05, 4.69) is 15.5 Å². The summed E-state index contributed by atoms with van der Waals surface area (Å²) in [6.07, 6.45) is 1.24. The van der Waals surface area contributed by atoms with Gasteiger partial charge in [-0.05, 0) is 24.5 Å². The molecule has 2 aromatic rings. The van der Waals surface area contributed by atoms with Crippen LogP contribution < -0.4 is 14.8 Å². The molecule has 0 radical (unpaired) electrons. The van der Waals surface area contributed by atoms with E-state index < -0.39 is 9.84 Å². The molecule has 150 valence electrons. The number of rotatable bonds is 6. The largest absolute Gasteiger partial charge is 0.454 e. The van der Waals surface area contributed by atoms with Crippen molar-refractivity contribution < 1.29 is 22.7 Å². The van der Waals surface area contributed by atoms with E-state index in [0.717, 1.165) is 5.82 Å². The fourth-order valence-electron chi connectivity index (χ4n) is 3.24. The molecule has 1 amide bonds. The SMILES string of the molecule is Cn1c(CC2CCS(=O)(=O)C2)nnc1SCC(=O)Nc1ccc2c(c1)OCO2. The van der Waals surface area contributed by atoms with Crippen LogP contribution in [0.3, 0.4) is 0 Å². The molecule has 1 atom stereocenters. The quantitative estimate of drug-likeness (QED) is 0.690. The lowest BCUT2D eigenvalue weighted by Gasteiger charge is -2.08. The van der Waals surface area contributed by atoms with Gasteiger partial charge in [-0.15, -0.1) is 10.2 Å². The molecule has 9 nitrogen and oxygen atoms in total. The van der Waals surface area contributed by atoms with E-state index in [0.29, 0.717) is 35.2 Å². The van der Waals surface area contributed by atoms with Crippen LogP contribution in [0.5, 0.6) is 11.5 Å². The number of nitrogens with one attached hydrogen (secondary N) is 1. The monoisotopic (exact) mass is 424 g/mol. The maximum atomic E-state index is 12.2. The average Bonchev–Trinajstić information content (AvgIpc) is 3.33. The Labute approximate surface area is 166 Å². The Morgan fingerprint density at radius 1 is 1.32 bits per heavy atom. The fraction of sp³-hybridized carbons (Fsp3) is 0.471. The van der Waals surface area contributed by atoms with E-state index >= 15 is 0 Å². The topological polar surface area (TPSA) is 112 Å². The van der Waals surface area contributed by atoms with Gasteiger partial charge in [0.2, 0.25) is 12.7 Å². The van der Waals surface area contributed by atoms with Gasteiger partial charge in [-0.3, -0.25) is 4.79 Å². The Bertz CT molecular complexity index is 1000. The van der Waals surface area contributed by atoms with Crippen LogP contribution in [0, 0.1) is 5.92 Å². The summed E-state index contributed by atoms with van der Waals surface area (Å²) in [5.41, 5.74) is 0.635. The second-order valence-electron chi connectivity index (χ2n) is 6.84. The molecular formula is C17H20N4O5S2. The third-order valence-corrected chi connectivity index (χ3v) is 7.57. The summed E-state index contributed by atoms with van der Waals surface area (Å²) in [5, 5.41) is 11.7. The van der Waals surface area contributed by atoms with Crippen molar-refractivity contribution in [2.45, 2.75) is 18.0 Å². The van der Waals surface area contributed by atoms with Crippen LogP contribution in [0.2, 0.25) is 0 Å². The zero-order chi connectivity index (χ0) is 19.7. The molecule has 0 saturated carbocycles. The summed E-state index contributed by atoms with van der Waals surface area (Å²) >= 11 is 1.28. The lowest BCUT2D eigenvalue weighted by atomic mass is 10.1.